The Bertz CT molecular complexity index is 583. The van der Waals surface area contributed by atoms with Crippen molar-refractivity contribution < 1.29 is 8.42 Å². The molecule has 2 rings (SSSR count). The molecule has 1 aliphatic rings. The second-order valence-corrected chi connectivity index (χ2v) is 8.40. The van der Waals surface area contributed by atoms with E-state index in [1.54, 1.807) is 10.4 Å². The molecular weight excluding hydrogens is 352 g/mol. The van der Waals surface area contributed by atoms with Crippen LogP contribution in [0.5, 0.6) is 0 Å². The first-order valence-electron chi connectivity index (χ1n) is 7.42. The zero-order valence-corrected chi connectivity index (χ0v) is 15.0. The maximum Gasteiger partial charge on any atom is 0.243 e. The Hall–Kier alpha value is -0.430. The largest absolute Gasteiger partial charge is 0.316 e. The highest BCUT2D eigenvalue weighted by Crippen LogP contribution is 2.25. The van der Waals surface area contributed by atoms with E-state index in [1.165, 1.54) is 0 Å². The summed E-state index contributed by atoms with van der Waals surface area (Å²) in [7, 11) is -3.43. The summed E-state index contributed by atoms with van der Waals surface area (Å²) < 4.78 is 28.2. The van der Waals surface area contributed by atoms with Crippen LogP contribution in [0.4, 0.5) is 0 Å². The molecule has 0 bridgehead atoms. The van der Waals surface area contributed by atoms with Crippen molar-refractivity contribution in [3.05, 3.63) is 28.2 Å². The SMILES string of the molecule is CCN(CC1CCCNC1)S(=O)(=O)c1cc(Br)ccc1C. The molecule has 6 heteroatoms. The van der Waals surface area contributed by atoms with Crippen LogP contribution in [0.1, 0.15) is 25.3 Å². The van der Waals surface area contributed by atoms with E-state index in [-0.39, 0.29) is 0 Å². The summed E-state index contributed by atoms with van der Waals surface area (Å²) >= 11 is 3.37. The number of nitrogens with zero attached hydrogens (tertiary/aromatic N) is 1. The molecule has 21 heavy (non-hydrogen) atoms. The number of piperidine rings is 1. The van der Waals surface area contributed by atoms with Crippen LogP contribution in [0.25, 0.3) is 0 Å². The second-order valence-electron chi connectivity index (χ2n) is 5.58. The molecule has 1 N–H and O–H groups in total. The third-order valence-electron chi connectivity index (χ3n) is 3.98. The van der Waals surface area contributed by atoms with Crippen molar-refractivity contribution in [2.75, 3.05) is 26.2 Å². The highest BCUT2D eigenvalue weighted by Gasteiger charge is 2.28. The van der Waals surface area contributed by atoms with Gasteiger partial charge in [0.1, 0.15) is 0 Å². The van der Waals surface area contributed by atoms with Gasteiger partial charge >= 0.3 is 0 Å². The van der Waals surface area contributed by atoms with Gasteiger partial charge in [-0.3, -0.25) is 0 Å². The lowest BCUT2D eigenvalue weighted by Gasteiger charge is -2.29. The highest BCUT2D eigenvalue weighted by molar-refractivity contribution is 9.10. The maximum atomic E-state index is 12.9. The molecule has 0 aromatic heterocycles. The predicted molar refractivity (Wildman–Crippen MR) is 88.9 cm³/mol. The van der Waals surface area contributed by atoms with Gasteiger partial charge in [0.2, 0.25) is 10.0 Å². The molecule has 0 spiro atoms. The summed E-state index contributed by atoms with van der Waals surface area (Å²) in [5.74, 6) is 0.404. The van der Waals surface area contributed by atoms with Crippen LogP contribution in [0.3, 0.4) is 0 Å². The number of nitrogens with one attached hydrogen (secondary N) is 1. The number of aryl methyl sites for hydroxylation is 1. The average molecular weight is 375 g/mol. The van der Waals surface area contributed by atoms with Crippen LogP contribution < -0.4 is 5.32 Å². The summed E-state index contributed by atoms with van der Waals surface area (Å²) in [6.45, 7) is 6.79. The van der Waals surface area contributed by atoms with Crippen LogP contribution >= 0.6 is 15.9 Å². The van der Waals surface area contributed by atoms with Gasteiger partial charge in [0.15, 0.2) is 0 Å². The van der Waals surface area contributed by atoms with Crippen molar-refractivity contribution in [2.24, 2.45) is 5.92 Å². The van der Waals surface area contributed by atoms with Crippen LogP contribution in [-0.2, 0) is 10.0 Å². The quantitative estimate of drug-likeness (QED) is 0.861. The van der Waals surface area contributed by atoms with Gasteiger partial charge < -0.3 is 5.32 Å². The Kier molecular flexibility index (Phi) is 5.82. The van der Waals surface area contributed by atoms with E-state index in [1.807, 2.05) is 26.0 Å². The molecule has 1 aromatic carbocycles. The van der Waals surface area contributed by atoms with Gasteiger partial charge in [0.25, 0.3) is 0 Å². The Morgan fingerprint density at radius 1 is 1.43 bits per heavy atom. The Balaban J connectivity index is 2.24. The summed E-state index contributed by atoms with van der Waals surface area (Å²) in [6, 6.07) is 5.41. The number of sulfonamides is 1. The first-order chi connectivity index (χ1) is 9.95. The molecule has 1 atom stereocenters. The predicted octanol–water partition coefficient (Wildman–Crippen LogP) is 2.77. The molecule has 0 radical (unpaired) electrons. The van der Waals surface area contributed by atoms with Crippen molar-refractivity contribution in [1.82, 2.24) is 9.62 Å². The maximum absolute atomic E-state index is 12.9. The number of benzene rings is 1. The fraction of sp³-hybridized carbons (Fsp3) is 0.600. The molecule has 1 heterocycles. The Morgan fingerprint density at radius 2 is 2.19 bits per heavy atom. The van der Waals surface area contributed by atoms with E-state index in [2.05, 4.69) is 21.2 Å². The average Bonchev–Trinajstić information content (AvgIpc) is 2.48. The number of hydrogen-bond acceptors (Lipinski definition) is 3. The van der Waals surface area contributed by atoms with Crippen molar-refractivity contribution in [1.29, 1.82) is 0 Å². The first-order valence-corrected chi connectivity index (χ1v) is 9.65. The lowest BCUT2D eigenvalue weighted by Crippen LogP contribution is -2.41. The highest BCUT2D eigenvalue weighted by atomic mass is 79.9. The minimum absolute atomic E-state index is 0.404. The molecule has 0 saturated carbocycles. The first kappa shape index (κ1) is 16.9. The van der Waals surface area contributed by atoms with Crippen LogP contribution in [0.2, 0.25) is 0 Å². The van der Waals surface area contributed by atoms with Gasteiger partial charge in [-0.05, 0) is 56.5 Å². The zero-order valence-electron chi connectivity index (χ0n) is 12.6. The standard InChI is InChI=1S/C15H23BrN2O2S/c1-3-18(11-13-5-4-8-17-10-13)21(19,20)15-9-14(16)7-6-12(15)2/h6-7,9,13,17H,3-5,8,10-11H2,1-2H3. The normalized spacial score (nSPS) is 19.9. The van der Waals surface area contributed by atoms with E-state index in [9.17, 15) is 8.42 Å². The van der Waals surface area contributed by atoms with Crippen molar-refractivity contribution in [3.63, 3.8) is 0 Å². The van der Waals surface area contributed by atoms with Gasteiger partial charge in [0, 0.05) is 17.6 Å². The van der Waals surface area contributed by atoms with Crippen molar-refractivity contribution >= 4 is 26.0 Å². The number of halogens is 1. The summed E-state index contributed by atoms with van der Waals surface area (Å²) in [5, 5.41) is 3.35. The smallest absolute Gasteiger partial charge is 0.243 e. The van der Waals surface area contributed by atoms with Crippen LogP contribution in [0.15, 0.2) is 27.6 Å². The third-order valence-corrected chi connectivity index (χ3v) is 6.56. The molecule has 0 aliphatic carbocycles. The minimum atomic E-state index is -3.43. The molecule has 0 amide bonds. The minimum Gasteiger partial charge on any atom is -0.316 e. The topological polar surface area (TPSA) is 49.4 Å². The van der Waals surface area contributed by atoms with E-state index in [0.29, 0.717) is 23.9 Å². The lowest BCUT2D eigenvalue weighted by atomic mass is 10.00. The van der Waals surface area contributed by atoms with Crippen molar-refractivity contribution in [3.8, 4) is 0 Å². The van der Waals surface area contributed by atoms with Gasteiger partial charge in [-0.15, -0.1) is 0 Å². The van der Waals surface area contributed by atoms with Crippen LogP contribution in [0, 0.1) is 12.8 Å². The Labute approximate surface area is 136 Å². The summed E-state index contributed by atoms with van der Waals surface area (Å²) in [6.07, 6.45) is 2.22. The lowest BCUT2D eigenvalue weighted by molar-refractivity contribution is 0.297. The van der Waals surface area contributed by atoms with Crippen LogP contribution in [-0.4, -0.2) is 38.9 Å². The fourth-order valence-electron chi connectivity index (χ4n) is 2.76. The molecule has 4 nitrogen and oxygen atoms in total. The number of hydrogen-bond donors (Lipinski definition) is 1. The molecule has 1 unspecified atom stereocenters. The van der Waals surface area contributed by atoms with Crippen molar-refractivity contribution in [2.45, 2.75) is 31.6 Å². The van der Waals surface area contributed by atoms with Gasteiger partial charge in [0.05, 0.1) is 4.90 Å². The zero-order chi connectivity index (χ0) is 15.5. The molecule has 118 valence electrons. The Morgan fingerprint density at radius 3 is 2.81 bits per heavy atom. The third kappa shape index (κ3) is 4.06. The monoisotopic (exact) mass is 374 g/mol. The van der Waals surface area contributed by atoms with Gasteiger partial charge in [-0.1, -0.05) is 28.9 Å². The molecule has 1 aromatic rings. The number of rotatable bonds is 5. The molecule has 1 saturated heterocycles. The van der Waals surface area contributed by atoms with E-state index >= 15 is 0 Å². The van der Waals surface area contributed by atoms with E-state index in [4.69, 9.17) is 0 Å². The summed E-state index contributed by atoms with van der Waals surface area (Å²) in [4.78, 5) is 0.405. The molecule has 1 aliphatic heterocycles. The fourth-order valence-corrected chi connectivity index (χ4v) is 5.04. The molecular formula is C15H23BrN2O2S. The summed E-state index contributed by atoms with van der Waals surface area (Å²) in [5.41, 5.74) is 0.790. The van der Waals surface area contributed by atoms with Gasteiger partial charge in [-0.2, -0.15) is 4.31 Å². The van der Waals surface area contributed by atoms with E-state index in [0.717, 1.165) is 36.0 Å². The molecule has 1 fully saturated rings. The second kappa shape index (κ2) is 7.22. The van der Waals surface area contributed by atoms with E-state index < -0.39 is 10.0 Å². The van der Waals surface area contributed by atoms with Gasteiger partial charge in [-0.25, -0.2) is 8.42 Å².